The van der Waals surface area contributed by atoms with Gasteiger partial charge in [0, 0.05) is 24.2 Å². The zero-order chi connectivity index (χ0) is 19.6. The van der Waals surface area contributed by atoms with Crippen molar-refractivity contribution in [2.45, 2.75) is 24.0 Å². The Morgan fingerprint density at radius 1 is 0.966 bits per heavy atom. The molecule has 1 unspecified atom stereocenters. The van der Waals surface area contributed by atoms with E-state index in [1.165, 1.54) is 16.7 Å². The van der Waals surface area contributed by atoms with Gasteiger partial charge in [0.2, 0.25) is 0 Å². The summed E-state index contributed by atoms with van der Waals surface area (Å²) in [5.41, 5.74) is 4.92. The molecular formula is C23H23N3O2S. The maximum Gasteiger partial charge on any atom is 0.162 e. The summed E-state index contributed by atoms with van der Waals surface area (Å²) in [5.74, 6) is 1.67. The molecule has 2 aliphatic heterocycles. The third-order valence-corrected chi connectivity index (χ3v) is 6.24. The fraction of sp³-hybridized carbons (Fsp3) is 0.261. The average Bonchev–Trinajstić information content (AvgIpc) is 3.16. The van der Waals surface area contributed by atoms with Crippen LogP contribution in [0.3, 0.4) is 0 Å². The number of nitrogens with one attached hydrogen (secondary N) is 1. The van der Waals surface area contributed by atoms with Crippen molar-refractivity contribution in [1.82, 2.24) is 14.6 Å². The molecule has 5 rings (SSSR count). The highest BCUT2D eigenvalue weighted by Gasteiger charge is 2.23. The van der Waals surface area contributed by atoms with Crippen LogP contribution in [0.2, 0.25) is 0 Å². The maximum atomic E-state index is 5.71. The van der Waals surface area contributed by atoms with Crippen LogP contribution in [0.25, 0.3) is 0 Å². The SMILES string of the molecule is CNC(c1ccccc1)c1cc2c(cn1)CN(Sc1ccc3c(c1)OCCO3)C2. The summed E-state index contributed by atoms with van der Waals surface area (Å²) >= 11 is 1.75. The van der Waals surface area contributed by atoms with Gasteiger partial charge >= 0.3 is 0 Å². The van der Waals surface area contributed by atoms with Gasteiger partial charge in [-0.15, -0.1) is 0 Å². The van der Waals surface area contributed by atoms with Crippen molar-refractivity contribution in [1.29, 1.82) is 0 Å². The van der Waals surface area contributed by atoms with Gasteiger partial charge in [0.05, 0.1) is 11.7 Å². The fourth-order valence-electron chi connectivity index (χ4n) is 3.85. The monoisotopic (exact) mass is 405 g/mol. The van der Waals surface area contributed by atoms with E-state index in [-0.39, 0.29) is 6.04 Å². The van der Waals surface area contributed by atoms with E-state index in [9.17, 15) is 0 Å². The summed E-state index contributed by atoms with van der Waals surface area (Å²) in [4.78, 5) is 5.92. The highest BCUT2D eigenvalue weighted by molar-refractivity contribution is 7.97. The largest absolute Gasteiger partial charge is 0.486 e. The minimum Gasteiger partial charge on any atom is -0.486 e. The van der Waals surface area contributed by atoms with Crippen molar-refractivity contribution in [3.05, 3.63) is 83.2 Å². The Labute approximate surface area is 175 Å². The minimum absolute atomic E-state index is 0.0981. The Hall–Kier alpha value is -2.54. The van der Waals surface area contributed by atoms with Crippen molar-refractivity contribution < 1.29 is 9.47 Å². The molecule has 5 nitrogen and oxygen atoms in total. The summed E-state index contributed by atoms with van der Waals surface area (Å²) in [6.07, 6.45) is 2.03. The number of ether oxygens (including phenoxy) is 2. The minimum atomic E-state index is 0.0981. The summed E-state index contributed by atoms with van der Waals surface area (Å²) in [6, 6.07) is 19.0. The summed E-state index contributed by atoms with van der Waals surface area (Å²) in [6.45, 7) is 3.01. The van der Waals surface area contributed by atoms with Gasteiger partial charge in [-0.05, 0) is 60.0 Å². The molecule has 0 spiro atoms. The van der Waals surface area contributed by atoms with Crippen LogP contribution >= 0.6 is 11.9 Å². The standard InChI is InChI=1S/C23H23N3O2S/c1-24-23(16-5-3-2-4-6-16)20-11-17-14-26(15-18(17)13-25-20)29-19-7-8-21-22(12-19)28-10-9-27-21/h2-8,11-13,23-24H,9-10,14-15H2,1H3. The first-order valence-electron chi connectivity index (χ1n) is 9.82. The molecule has 6 heteroatoms. The van der Waals surface area contributed by atoms with Crippen molar-refractivity contribution >= 4 is 11.9 Å². The van der Waals surface area contributed by atoms with E-state index in [1.54, 1.807) is 11.9 Å². The lowest BCUT2D eigenvalue weighted by Crippen LogP contribution is -2.19. The molecule has 0 aliphatic carbocycles. The first-order chi connectivity index (χ1) is 14.3. The molecule has 3 aromatic rings. The van der Waals surface area contributed by atoms with Crippen LogP contribution < -0.4 is 14.8 Å². The van der Waals surface area contributed by atoms with E-state index in [0.717, 1.165) is 35.2 Å². The Balaban J connectivity index is 1.32. The molecule has 1 atom stereocenters. The van der Waals surface area contributed by atoms with Crippen LogP contribution in [0.15, 0.2) is 65.7 Å². The summed E-state index contributed by atoms with van der Waals surface area (Å²) in [7, 11) is 1.98. The number of hydrogen-bond acceptors (Lipinski definition) is 6. The van der Waals surface area contributed by atoms with E-state index in [2.05, 4.69) is 52.1 Å². The zero-order valence-corrected chi connectivity index (χ0v) is 17.1. The predicted molar refractivity (Wildman–Crippen MR) is 114 cm³/mol. The van der Waals surface area contributed by atoms with Crippen LogP contribution in [-0.4, -0.2) is 29.6 Å². The van der Waals surface area contributed by atoms with Crippen LogP contribution in [0.4, 0.5) is 0 Å². The fourth-order valence-corrected chi connectivity index (χ4v) is 4.85. The average molecular weight is 406 g/mol. The van der Waals surface area contributed by atoms with Crippen LogP contribution in [0.5, 0.6) is 11.5 Å². The molecule has 0 radical (unpaired) electrons. The maximum absolute atomic E-state index is 5.71. The van der Waals surface area contributed by atoms with Crippen molar-refractivity contribution in [2.75, 3.05) is 20.3 Å². The number of nitrogens with zero attached hydrogens (tertiary/aromatic N) is 2. The summed E-state index contributed by atoms with van der Waals surface area (Å²) in [5, 5.41) is 3.40. The van der Waals surface area contributed by atoms with Gasteiger partial charge in [-0.1, -0.05) is 30.3 Å². The Kier molecular flexibility index (Phi) is 5.14. The number of benzene rings is 2. The van der Waals surface area contributed by atoms with Gasteiger partial charge in [0.15, 0.2) is 11.5 Å². The van der Waals surface area contributed by atoms with E-state index >= 15 is 0 Å². The number of rotatable bonds is 5. The molecule has 2 aromatic carbocycles. The molecule has 3 heterocycles. The molecule has 0 bridgehead atoms. The van der Waals surface area contributed by atoms with Crippen LogP contribution in [-0.2, 0) is 13.1 Å². The van der Waals surface area contributed by atoms with E-state index in [4.69, 9.17) is 14.5 Å². The van der Waals surface area contributed by atoms with Crippen LogP contribution in [0.1, 0.15) is 28.4 Å². The number of aromatic nitrogens is 1. The lowest BCUT2D eigenvalue weighted by Gasteiger charge is -2.20. The molecule has 0 fully saturated rings. The summed E-state index contributed by atoms with van der Waals surface area (Å²) < 4.78 is 13.7. The molecule has 148 valence electrons. The molecule has 1 N–H and O–H groups in total. The van der Waals surface area contributed by atoms with Crippen molar-refractivity contribution in [3.63, 3.8) is 0 Å². The first kappa shape index (κ1) is 18.5. The van der Waals surface area contributed by atoms with Gasteiger partial charge in [-0.3, -0.25) is 4.98 Å². The third-order valence-electron chi connectivity index (χ3n) is 5.26. The number of pyridine rings is 1. The highest BCUT2D eigenvalue weighted by Crippen LogP contribution is 2.38. The van der Waals surface area contributed by atoms with E-state index in [1.807, 2.05) is 25.4 Å². The van der Waals surface area contributed by atoms with Gasteiger partial charge in [-0.2, -0.15) is 0 Å². The molecular weight excluding hydrogens is 382 g/mol. The molecule has 0 amide bonds. The van der Waals surface area contributed by atoms with Gasteiger partial charge in [0.25, 0.3) is 0 Å². The molecule has 1 aromatic heterocycles. The predicted octanol–water partition coefficient (Wildman–Crippen LogP) is 4.18. The highest BCUT2D eigenvalue weighted by atomic mass is 32.2. The lowest BCUT2D eigenvalue weighted by atomic mass is 10.0. The number of hydrogen-bond donors (Lipinski definition) is 1. The van der Waals surface area contributed by atoms with E-state index in [0.29, 0.717) is 13.2 Å². The van der Waals surface area contributed by atoms with Crippen molar-refractivity contribution in [2.24, 2.45) is 0 Å². The van der Waals surface area contributed by atoms with Crippen LogP contribution in [0, 0.1) is 0 Å². The van der Waals surface area contributed by atoms with Gasteiger partial charge in [0.1, 0.15) is 13.2 Å². The second-order valence-electron chi connectivity index (χ2n) is 7.21. The Morgan fingerprint density at radius 3 is 2.59 bits per heavy atom. The van der Waals surface area contributed by atoms with E-state index < -0.39 is 0 Å². The smallest absolute Gasteiger partial charge is 0.162 e. The topological polar surface area (TPSA) is 46.6 Å². The quantitative estimate of drug-likeness (QED) is 0.643. The molecule has 29 heavy (non-hydrogen) atoms. The van der Waals surface area contributed by atoms with Gasteiger partial charge < -0.3 is 14.8 Å². The first-order valence-corrected chi connectivity index (χ1v) is 10.6. The molecule has 0 saturated heterocycles. The normalized spacial score (nSPS) is 16.4. The number of fused-ring (bicyclic) bond motifs is 2. The van der Waals surface area contributed by atoms with Gasteiger partial charge in [-0.25, -0.2) is 4.31 Å². The molecule has 2 aliphatic rings. The lowest BCUT2D eigenvalue weighted by molar-refractivity contribution is 0.171. The Morgan fingerprint density at radius 2 is 1.76 bits per heavy atom. The molecule has 0 saturated carbocycles. The second-order valence-corrected chi connectivity index (χ2v) is 8.38. The third kappa shape index (κ3) is 3.83. The zero-order valence-electron chi connectivity index (χ0n) is 16.3. The second kappa shape index (κ2) is 8.06. The Bertz CT molecular complexity index is 1010. The van der Waals surface area contributed by atoms with Crippen molar-refractivity contribution in [3.8, 4) is 11.5 Å².